The Morgan fingerprint density at radius 1 is 1.30 bits per heavy atom. The summed E-state index contributed by atoms with van der Waals surface area (Å²) < 4.78 is 5.18. The van der Waals surface area contributed by atoms with Crippen LogP contribution in [0.3, 0.4) is 0 Å². The molecule has 1 atom stereocenters. The first kappa shape index (κ1) is 18.9. The number of rotatable bonds is 5. The minimum absolute atomic E-state index is 0.0209. The lowest BCUT2D eigenvalue weighted by Crippen LogP contribution is -2.28. The molecule has 0 N–H and O–H groups in total. The Labute approximate surface area is 162 Å². The van der Waals surface area contributed by atoms with E-state index in [4.69, 9.17) is 16.3 Å². The summed E-state index contributed by atoms with van der Waals surface area (Å²) in [4.78, 5) is 24.9. The first-order valence-corrected chi connectivity index (χ1v) is 8.94. The predicted octanol–water partition coefficient (Wildman–Crippen LogP) is 4.63. The van der Waals surface area contributed by atoms with Crippen molar-refractivity contribution in [3.63, 3.8) is 0 Å². The number of methoxy groups -OCH3 is 1. The molecule has 1 saturated heterocycles. The van der Waals surface area contributed by atoms with Gasteiger partial charge in [0.05, 0.1) is 18.1 Å². The van der Waals surface area contributed by atoms with Crippen LogP contribution in [0, 0.1) is 10.1 Å². The van der Waals surface area contributed by atoms with Gasteiger partial charge in [-0.2, -0.15) is 0 Å². The monoisotopic (exact) mass is 386 g/mol. The van der Waals surface area contributed by atoms with Crippen molar-refractivity contribution in [3.05, 3.63) is 74.8 Å². The molecule has 27 heavy (non-hydrogen) atoms. The molecule has 1 aliphatic heterocycles. The molecule has 0 bridgehead atoms. The number of nitrogens with zero attached hydrogens (tertiary/aromatic N) is 2. The molecule has 1 unspecified atom stereocenters. The molecule has 140 valence electrons. The maximum absolute atomic E-state index is 12.7. The van der Waals surface area contributed by atoms with Crippen LogP contribution < -0.4 is 4.74 Å². The summed E-state index contributed by atoms with van der Waals surface area (Å²) in [5, 5.41) is 11.1. The third kappa shape index (κ3) is 4.28. The third-order valence-electron chi connectivity index (χ3n) is 4.62. The molecule has 6 nitrogen and oxygen atoms in total. The van der Waals surface area contributed by atoms with E-state index in [0.717, 1.165) is 24.2 Å². The zero-order valence-electron chi connectivity index (χ0n) is 14.8. The highest BCUT2D eigenvalue weighted by Crippen LogP contribution is 2.33. The fraction of sp³-hybridized carbons (Fsp3) is 0.250. The van der Waals surface area contributed by atoms with Gasteiger partial charge in [-0.25, -0.2) is 0 Å². The number of carbonyl (C=O) groups is 1. The highest BCUT2D eigenvalue weighted by atomic mass is 35.5. The van der Waals surface area contributed by atoms with Crippen molar-refractivity contribution in [2.45, 2.75) is 18.9 Å². The van der Waals surface area contributed by atoms with Gasteiger partial charge in [-0.15, -0.1) is 0 Å². The van der Waals surface area contributed by atoms with Crippen LogP contribution in [0.4, 0.5) is 5.69 Å². The number of nitro benzene ring substituents is 1. The van der Waals surface area contributed by atoms with Gasteiger partial charge in [0.2, 0.25) is 5.91 Å². The quantitative estimate of drug-likeness (QED) is 0.426. The predicted molar refractivity (Wildman–Crippen MR) is 104 cm³/mol. The molecule has 1 aliphatic rings. The summed E-state index contributed by atoms with van der Waals surface area (Å²) in [5.74, 6) is 0.657. The number of carbonyl (C=O) groups excluding carboxylic acids is 1. The van der Waals surface area contributed by atoms with Crippen molar-refractivity contribution in [2.75, 3.05) is 13.7 Å². The average Bonchev–Trinajstić information content (AvgIpc) is 3.17. The molecule has 1 fully saturated rings. The van der Waals surface area contributed by atoms with Crippen molar-refractivity contribution in [1.82, 2.24) is 4.90 Å². The maximum atomic E-state index is 12.7. The van der Waals surface area contributed by atoms with Gasteiger partial charge in [0.25, 0.3) is 5.69 Å². The molecule has 3 rings (SSSR count). The van der Waals surface area contributed by atoms with E-state index in [-0.39, 0.29) is 22.7 Å². The van der Waals surface area contributed by atoms with Gasteiger partial charge in [0.15, 0.2) is 0 Å². The fourth-order valence-electron chi connectivity index (χ4n) is 3.24. The Hall–Kier alpha value is -2.86. The molecule has 0 aromatic heterocycles. The first-order chi connectivity index (χ1) is 13.0. The van der Waals surface area contributed by atoms with Crippen molar-refractivity contribution >= 4 is 29.3 Å². The Balaban J connectivity index is 1.75. The van der Waals surface area contributed by atoms with E-state index in [0.29, 0.717) is 12.1 Å². The van der Waals surface area contributed by atoms with Gasteiger partial charge < -0.3 is 9.64 Å². The summed E-state index contributed by atoms with van der Waals surface area (Å²) in [6, 6.07) is 12.2. The number of hydrogen-bond donors (Lipinski definition) is 0. The number of likely N-dealkylation sites (tertiary alicyclic amines) is 1. The second-order valence-corrected chi connectivity index (χ2v) is 6.67. The second-order valence-electron chi connectivity index (χ2n) is 6.26. The number of ether oxygens (including phenoxy) is 1. The Morgan fingerprint density at radius 3 is 2.70 bits per heavy atom. The SMILES string of the molecule is COc1ccc(C2CCCN2C(=O)/C=C/c2ccc(Cl)c([N+](=O)[O-])c2)cc1. The summed E-state index contributed by atoms with van der Waals surface area (Å²) in [6.07, 6.45) is 4.87. The number of benzene rings is 2. The zero-order valence-corrected chi connectivity index (χ0v) is 15.6. The average molecular weight is 387 g/mol. The molecule has 0 spiro atoms. The number of halogens is 1. The lowest BCUT2D eigenvalue weighted by Gasteiger charge is -2.24. The van der Waals surface area contributed by atoms with Crippen LogP contribution in [0.2, 0.25) is 5.02 Å². The Kier molecular flexibility index (Phi) is 5.76. The van der Waals surface area contributed by atoms with Gasteiger partial charge in [-0.05, 0) is 48.2 Å². The van der Waals surface area contributed by atoms with Gasteiger partial charge >= 0.3 is 0 Å². The van der Waals surface area contributed by atoms with E-state index in [9.17, 15) is 14.9 Å². The van der Waals surface area contributed by atoms with E-state index in [2.05, 4.69) is 0 Å². The molecule has 0 saturated carbocycles. The van der Waals surface area contributed by atoms with Crippen molar-refractivity contribution in [3.8, 4) is 5.75 Å². The molecule has 0 aliphatic carbocycles. The number of nitro groups is 1. The zero-order chi connectivity index (χ0) is 19.4. The number of hydrogen-bond acceptors (Lipinski definition) is 4. The minimum atomic E-state index is -0.540. The lowest BCUT2D eigenvalue weighted by atomic mass is 10.0. The normalized spacial score (nSPS) is 16.7. The number of amides is 1. The summed E-state index contributed by atoms with van der Waals surface area (Å²) in [5.41, 5.74) is 1.44. The van der Waals surface area contributed by atoms with Gasteiger partial charge in [0.1, 0.15) is 10.8 Å². The Bertz CT molecular complexity index is 880. The molecule has 1 amide bonds. The summed E-state index contributed by atoms with van der Waals surface area (Å²) in [7, 11) is 1.62. The summed E-state index contributed by atoms with van der Waals surface area (Å²) in [6.45, 7) is 0.681. The largest absolute Gasteiger partial charge is 0.497 e. The molecular weight excluding hydrogens is 368 g/mol. The molecule has 1 heterocycles. The topological polar surface area (TPSA) is 72.7 Å². The van der Waals surface area contributed by atoms with Crippen molar-refractivity contribution in [2.24, 2.45) is 0 Å². The van der Waals surface area contributed by atoms with Crippen LogP contribution in [-0.4, -0.2) is 29.4 Å². The lowest BCUT2D eigenvalue weighted by molar-refractivity contribution is -0.384. The van der Waals surface area contributed by atoms with Crippen LogP contribution in [0.15, 0.2) is 48.5 Å². The smallest absolute Gasteiger partial charge is 0.288 e. The van der Waals surface area contributed by atoms with E-state index >= 15 is 0 Å². The Morgan fingerprint density at radius 2 is 2.04 bits per heavy atom. The molecule has 0 radical (unpaired) electrons. The highest BCUT2D eigenvalue weighted by Gasteiger charge is 2.28. The van der Waals surface area contributed by atoms with Gasteiger partial charge in [0, 0.05) is 18.7 Å². The van der Waals surface area contributed by atoms with E-state index in [1.807, 2.05) is 29.2 Å². The molecule has 2 aromatic carbocycles. The van der Waals surface area contributed by atoms with Crippen LogP contribution in [-0.2, 0) is 4.79 Å². The standard InChI is InChI=1S/C20H19ClN2O4/c1-27-16-8-6-15(7-9-16)18-3-2-12-22(18)20(24)11-5-14-4-10-17(21)19(13-14)23(25)26/h4-11,13,18H,2-3,12H2,1H3/b11-5+. The van der Waals surface area contributed by atoms with Crippen LogP contribution >= 0.6 is 11.6 Å². The van der Waals surface area contributed by atoms with Crippen LogP contribution in [0.5, 0.6) is 5.75 Å². The van der Waals surface area contributed by atoms with Gasteiger partial charge in [-0.3, -0.25) is 14.9 Å². The molecule has 7 heteroatoms. The van der Waals surface area contributed by atoms with E-state index in [1.54, 1.807) is 19.3 Å². The van der Waals surface area contributed by atoms with E-state index in [1.165, 1.54) is 18.2 Å². The van der Waals surface area contributed by atoms with Crippen LogP contribution in [0.1, 0.15) is 30.0 Å². The van der Waals surface area contributed by atoms with E-state index < -0.39 is 4.92 Å². The maximum Gasteiger partial charge on any atom is 0.288 e. The highest BCUT2D eigenvalue weighted by molar-refractivity contribution is 6.32. The van der Waals surface area contributed by atoms with Crippen LogP contribution in [0.25, 0.3) is 6.08 Å². The first-order valence-electron chi connectivity index (χ1n) is 8.56. The van der Waals surface area contributed by atoms with Crippen molar-refractivity contribution < 1.29 is 14.5 Å². The van der Waals surface area contributed by atoms with Gasteiger partial charge in [-0.1, -0.05) is 29.8 Å². The summed E-state index contributed by atoms with van der Waals surface area (Å²) >= 11 is 5.82. The molecular formula is C20H19ClN2O4. The third-order valence-corrected chi connectivity index (χ3v) is 4.94. The van der Waals surface area contributed by atoms with Crippen molar-refractivity contribution in [1.29, 1.82) is 0 Å². The second kappa shape index (κ2) is 8.22. The molecule has 2 aromatic rings. The minimum Gasteiger partial charge on any atom is -0.497 e. The fourth-order valence-corrected chi connectivity index (χ4v) is 3.43.